The van der Waals surface area contributed by atoms with Crippen molar-refractivity contribution < 1.29 is 9.53 Å². The summed E-state index contributed by atoms with van der Waals surface area (Å²) in [6.07, 6.45) is 0. The van der Waals surface area contributed by atoms with Gasteiger partial charge >= 0.3 is 5.97 Å². The van der Waals surface area contributed by atoms with Gasteiger partial charge < -0.3 is 15.4 Å². The summed E-state index contributed by atoms with van der Waals surface area (Å²) in [5.41, 5.74) is 6.62. The quantitative estimate of drug-likeness (QED) is 0.783. The lowest BCUT2D eigenvalue weighted by Crippen LogP contribution is -2.46. The van der Waals surface area contributed by atoms with Crippen molar-refractivity contribution >= 4 is 5.97 Å². The molecule has 17 heavy (non-hydrogen) atoms. The fraction of sp³-hybridized carbons (Fsp3) is 0.462. The molecule has 2 rings (SSSR count). The van der Waals surface area contributed by atoms with Crippen LogP contribution in [-0.4, -0.2) is 37.6 Å². The van der Waals surface area contributed by atoms with E-state index < -0.39 is 6.04 Å². The van der Waals surface area contributed by atoms with Gasteiger partial charge in [0.15, 0.2) is 0 Å². The molecule has 0 radical (unpaired) electrons. The number of benzene rings is 1. The van der Waals surface area contributed by atoms with Crippen LogP contribution in [0.15, 0.2) is 30.3 Å². The lowest BCUT2D eigenvalue weighted by Gasteiger charge is -2.35. The number of esters is 1. The Morgan fingerprint density at radius 3 is 2.71 bits per heavy atom. The van der Waals surface area contributed by atoms with Crippen LogP contribution in [0.1, 0.15) is 11.6 Å². The number of carbonyl (C=O) groups excluding carboxylic acids is 1. The number of nitrogens with two attached hydrogens (primary N) is 1. The maximum atomic E-state index is 11.7. The van der Waals surface area contributed by atoms with Gasteiger partial charge in [-0.3, -0.25) is 0 Å². The summed E-state index contributed by atoms with van der Waals surface area (Å²) >= 11 is 0. The first-order chi connectivity index (χ1) is 8.16. The molecule has 0 bridgehead atoms. The van der Waals surface area contributed by atoms with Crippen LogP contribution in [0.4, 0.5) is 0 Å². The Kier molecular flexibility index (Phi) is 3.76. The standard InChI is InChI=1S/C13H18N2O2/c1-15-7-10(8-15)9-17-13(16)12(14)11-5-3-2-4-6-11/h2-6,10,12H,7-9,14H2,1H3. The summed E-state index contributed by atoms with van der Waals surface area (Å²) in [6.45, 7) is 2.46. The van der Waals surface area contributed by atoms with Gasteiger partial charge in [0.2, 0.25) is 0 Å². The van der Waals surface area contributed by atoms with Crippen LogP contribution >= 0.6 is 0 Å². The molecule has 4 heteroatoms. The van der Waals surface area contributed by atoms with Gasteiger partial charge in [-0.15, -0.1) is 0 Å². The molecule has 0 aliphatic carbocycles. The Labute approximate surface area is 101 Å². The number of likely N-dealkylation sites (tertiary alicyclic amines) is 1. The zero-order chi connectivity index (χ0) is 12.3. The Hall–Kier alpha value is -1.39. The van der Waals surface area contributed by atoms with E-state index in [4.69, 9.17) is 10.5 Å². The van der Waals surface area contributed by atoms with Crippen molar-refractivity contribution in [1.82, 2.24) is 4.90 Å². The molecule has 0 saturated carbocycles. The maximum absolute atomic E-state index is 11.7. The van der Waals surface area contributed by atoms with Crippen molar-refractivity contribution in [2.75, 3.05) is 26.7 Å². The SMILES string of the molecule is CN1CC(COC(=O)C(N)c2ccccc2)C1. The molecular weight excluding hydrogens is 216 g/mol. The average Bonchev–Trinajstić information content (AvgIpc) is 2.33. The summed E-state index contributed by atoms with van der Waals surface area (Å²) in [5, 5.41) is 0. The van der Waals surface area contributed by atoms with E-state index in [1.807, 2.05) is 37.4 Å². The molecule has 1 fully saturated rings. The Morgan fingerprint density at radius 2 is 2.12 bits per heavy atom. The minimum atomic E-state index is -0.672. The third kappa shape index (κ3) is 3.05. The van der Waals surface area contributed by atoms with Gasteiger partial charge in [-0.25, -0.2) is 4.79 Å². The van der Waals surface area contributed by atoms with Crippen molar-refractivity contribution in [3.05, 3.63) is 35.9 Å². The molecule has 1 aromatic rings. The molecular formula is C13H18N2O2. The van der Waals surface area contributed by atoms with Crippen LogP contribution in [0, 0.1) is 5.92 Å². The monoisotopic (exact) mass is 234 g/mol. The van der Waals surface area contributed by atoms with E-state index in [1.54, 1.807) is 0 Å². The molecule has 1 heterocycles. The fourth-order valence-electron chi connectivity index (χ4n) is 2.02. The van der Waals surface area contributed by atoms with Crippen LogP contribution in [0.5, 0.6) is 0 Å². The van der Waals surface area contributed by atoms with Crippen LogP contribution < -0.4 is 5.73 Å². The number of carbonyl (C=O) groups is 1. The maximum Gasteiger partial charge on any atom is 0.327 e. The summed E-state index contributed by atoms with van der Waals surface area (Å²) in [4.78, 5) is 13.9. The number of nitrogens with zero attached hydrogens (tertiary/aromatic N) is 1. The van der Waals surface area contributed by atoms with Crippen molar-refractivity contribution in [3.8, 4) is 0 Å². The van der Waals surface area contributed by atoms with E-state index in [2.05, 4.69) is 4.90 Å². The highest BCUT2D eigenvalue weighted by Crippen LogP contribution is 2.15. The van der Waals surface area contributed by atoms with E-state index >= 15 is 0 Å². The minimum Gasteiger partial charge on any atom is -0.464 e. The third-order valence-electron chi connectivity index (χ3n) is 3.01. The molecule has 0 amide bonds. The first-order valence-corrected chi connectivity index (χ1v) is 5.82. The average molecular weight is 234 g/mol. The van der Waals surface area contributed by atoms with Gasteiger partial charge in [0.05, 0.1) is 6.61 Å². The highest BCUT2D eigenvalue weighted by Gasteiger charge is 2.25. The highest BCUT2D eigenvalue weighted by atomic mass is 16.5. The molecule has 1 unspecified atom stereocenters. The van der Waals surface area contributed by atoms with Gasteiger partial charge in [0, 0.05) is 19.0 Å². The van der Waals surface area contributed by atoms with Crippen LogP contribution in [0.3, 0.4) is 0 Å². The van der Waals surface area contributed by atoms with E-state index in [0.29, 0.717) is 12.5 Å². The van der Waals surface area contributed by atoms with Crippen LogP contribution in [0.2, 0.25) is 0 Å². The van der Waals surface area contributed by atoms with Gasteiger partial charge in [0.1, 0.15) is 6.04 Å². The number of hydrogen-bond donors (Lipinski definition) is 1. The van der Waals surface area contributed by atoms with E-state index in [-0.39, 0.29) is 5.97 Å². The summed E-state index contributed by atoms with van der Waals surface area (Å²) in [5.74, 6) is 0.123. The molecule has 1 saturated heterocycles. The Morgan fingerprint density at radius 1 is 1.47 bits per heavy atom. The van der Waals surface area contributed by atoms with Crippen LogP contribution in [0.25, 0.3) is 0 Å². The van der Waals surface area contributed by atoms with E-state index in [0.717, 1.165) is 18.7 Å². The minimum absolute atomic E-state index is 0.342. The molecule has 0 aromatic heterocycles. The predicted molar refractivity (Wildman–Crippen MR) is 65.3 cm³/mol. The zero-order valence-electron chi connectivity index (χ0n) is 10.0. The summed E-state index contributed by atoms with van der Waals surface area (Å²) < 4.78 is 5.22. The van der Waals surface area contributed by atoms with E-state index in [9.17, 15) is 4.79 Å². The predicted octanol–water partition coefficient (Wildman–Crippen LogP) is 0.791. The van der Waals surface area contributed by atoms with Gasteiger partial charge in [-0.05, 0) is 12.6 Å². The Bertz CT molecular complexity index is 374. The van der Waals surface area contributed by atoms with Crippen molar-refractivity contribution in [3.63, 3.8) is 0 Å². The van der Waals surface area contributed by atoms with Crippen molar-refractivity contribution in [1.29, 1.82) is 0 Å². The fourth-order valence-corrected chi connectivity index (χ4v) is 2.02. The first kappa shape index (κ1) is 12.1. The van der Waals surface area contributed by atoms with Crippen molar-refractivity contribution in [2.45, 2.75) is 6.04 Å². The third-order valence-corrected chi connectivity index (χ3v) is 3.01. The number of ether oxygens (including phenoxy) is 1. The van der Waals surface area contributed by atoms with Crippen LogP contribution in [-0.2, 0) is 9.53 Å². The molecule has 1 aromatic carbocycles. The number of hydrogen-bond acceptors (Lipinski definition) is 4. The highest BCUT2D eigenvalue weighted by molar-refractivity contribution is 5.77. The largest absolute Gasteiger partial charge is 0.464 e. The molecule has 2 N–H and O–H groups in total. The van der Waals surface area contributed by atoms with Crippen molar-refractivity contribution in [2.24, 2.45) is 11.7 Å². The second kappa shape index (κ2) is 5.29. The lowest BCUT2D eigenvalue weighted by atomic mass is 10.0. The Balaban J connectivity index is 1.80. The normalized spacial score (nSPS) is 18.5. The number of rotatable bonds is 4. The molecule has 1 aliphatic heterocycles. The second-order valence-electron chi connectivity index (χ2n) is 4.61. The lowest BCUT2D eigenvalue weighted by molar-refractivity contribution is -0.148. The zero-order valence-corrected chi connectivity index (χ0v) is 10.0. The molecule has 4 nitrogen and oxygen atoms in total. The summed E-state index contributed by atoms with van der Waals surface area (Å²) in [6, 6.07) is 8.62. The topological polar surface area (TPSA) is 55.6 Å². The summed E-state index contributed by atoms with van der Waals surface area (Å²) in [7, 11) is 2.05. The van der Waals surface area contributed by atoms with Gasteiger partial charge in [-0.1, -0.05) is 30.3 Å². The van der Waals surface area contributed by atoms with E-state index in [1.165, 1.54) is 0 Å². The molecule has 92 valence electrons. The molecule has 1 aliphatic rings. The first-order valence-electron chi connectivity index (χ1n) is 5.82. The smallest absolute Gasteiger partial charge is 0.327 e. The second-order valence-corrected chi connectivity index (χ2v) is 4.61. The van der Waals surface area contributed by atoms with Gasteiger partial charge in [0.25, 0.3) is 0 Å². The molecule has 0 spiro atoms. The van der Waals surface area contributed by atoms with Gasteiger partial charge in [-0.2, -0.15) is 0 Å². The molecule has 1 atom stereocenters.